The molecule has 6 nitrogen and oxygen atoms in total. The summed E-state index contributed by atoms with van der Waals surface area (Å²) in [6.07, 6.45) is 0. The van der Waals surface area contributed by atoms with Gasteiger partial charge in [-0.3, -0.25) is 4.79 Å². The Morgan fingerprint density at radius 1 is 0.881 bits per heavy atom. The zero-order valence-electron chi connectivity index (χ0n) is 22.9. The molecule has 0 N–H and O–H groups in total. The van der Waals surface area contributed by atoms with E-state index < -0.39 is 17.4 Å². The number of carbonyl (C=O) groups excluding carboxylic acids is 2. The van der Waals surface area contributed by atoms with Crippen molar-refractivity contribution in [2.75, 3.05) is 18.6 Å². The van der Waals surface area contributed by atoms with Gasteiger partial charge in [-0.05, 0) is 78.7 Å². The van der Waals surface area contributed by atoms with Crippen LogP contribution in [0.1, 0.15) is 34.5 Å². The van der Waals surface area contributed by atoms with E-state index in [1.165, 1.54) is 0 Å². The Bertz CT molecular complexity index is 1680. The van der Waals surface area contributed by atoms with Crippen molar-refractivity contribution in [3.8, 4) is 11.8 Å². The van der Waals surface area contributed by atoms with Gasteiger partial charge in [-0.1, -0.05) is 65.7 Å². The second-order valence-corrected chi connectivity index (χ2v) is 10.5. The minimum Gasteiger partial charge on any atom is -0.497 e. The second kappa shape index (κ2) is 12.1. The highest BCUT2D eigenvalue weighted by molar-refractivity contribution is 6.31. The van der Waals surface area contributed by atoms with Gasteiger partial charge in [0.25, 0.3) is 0 Å². The predicted molar refractivity (Wildman–Crippen MR) is 163 cm³/mol. The maximum atomic E-state index is 14.6. The van der Waals surface area contributed by atoms with E-state index in [2.05, 4.69) is 6.07 Å². The molecule has 8 heteroatoms. The number of halogens is 2. The fraction of sp³-hybridized carbons (Fsp3) is 0.147. The minimum atomic E-state index is -1.95. The summed E-state index contributed by atoms with van der Waals surface area (Å²) < 4.78 is 11.0. The third kappa shape index (κ3) is 5.02. The van der Waals surface area contributed by atoms with Crippen molar-refractivity contribution in [1.29, 1.82) is 5.26 Å². The molecule has 2 atom stereocenters. The molecule has 42 heavy (non-hydrogen) atoms. The lowest BCUT2D eigenvalue weighted by Gasteiger charge is -2.35. The quantitative estimate of drug-likeness (QED) is 0.152. The van der Waals surface area contributed by atoms with Crippen LogP contribution in [0.25, 0.3) is 5.57 Å². The molecule has 0 aromatic heterocycles. The average molecular weight is 597 g/mol. The molecule has 0 fully saturated rings. The van der Waals surface area contributed by atoms with E-state index in [4.69, 9.17) is 32.7 Å². The van der Waals surface area contributed by atoms with E-state index in [0.717, 1.165) is 0 Å². The van der Waals surface area contributed by atoms with Gasteiger partial charge in [0.15, 0.2) is 0 Å². The van der Waals surface area contributed by atoms with Crippen molar-refractivity contribution in [1.82, 2.24) is 0 Å². The van der Waals surface area contributed by atoms with Crippen LogP contribution in [0.4, 0.5) is 5.69 Å². The van der Waals surface area contributed by atoms with Gasteiger partial charge in [0.1, 0.15) is 5.75 Å². The first-order chi connectivity index (χ1) is 20.3. The number of esters is 1. The van der Waals surface area contributed by atoms with Crippen LogP contribution >= 0.6 is 23.2 Å². The third-order valence-electron chi connectivity index (χ3n) is 7.23. The topological polar surface area (TPSA) is 79.6 Å². The smallest absolute Gasteiger partial charge is 0.333 e. The van der Waals surface area contributed by atoms with Gasteiger partial charge < -0.3 is 14.4 Å². The molecule has 0 radical (unpaired) electrons. The van der Waals surface area contributed by atoms with Crippen LogP contribution < -0.4 is 9.64 Å². The first-order valence-corrected chi connectivity index (χ1v) is 14.0. The molecule has 0 spiro atoms. The molecular formula is C34H26Cl2N2O4. The number of ketones is 1. The number of benzene rings is 4. The van der Waals surface area contributed by atoms with Crippen molar-refractivity contribution in [3.63, 3.8) is 0 Å². The van der Waals surface area contributed by atoms with Crippen LogP contribution in [0.15, 0.2) is 109 Å². The summed E-state index contributed by atoms with van der Waals surface area (Å²) in [5.41, 5.74) is 0.497. The number of rotatable bonds is 8. The highest BCUT2D eigenvalue weighted by atomic mass is 35.5. The number of hydrogen-bond donors (Lipinski definition) is 0. The lowest BCUT2D eigenvalue weighted by molar-refractivity contribution is -0.149. The number of para-hydroxylation sites is 1. The molecule has 0 saturated carbocycles. The predicted octanol–water partition coefficient (Wildman–Crippen LogP) is 7.93. The van der Waals surface area contributed by atoms with E-state index in [-0.39, 0.29) is 23.7 Å². The number of allylic oxidation sites excluding steroid dienone is 1. The van der Waals surface area contributed by atoms with Gasteiger partial charge >= 0.3 is 5.97 Å². The summed E-state index contributed by atoms with van der Waals surface area (Å²) in [7, 11) is 1.56. The average Bonchev–Trinajstić information content (AvgIpc) is 3.34. The van der Waals surface area contributed by atoms with E-state index in [1.54, 1.807) is 91.7 Å². The molecule has 0 saturated heterocycles. The van der Waals surface area contributed by atoms with Crippen molar-refractivity contribution < 1.29 is 19.1 Å². The SMILES string of the molecule is CCOC(=O)[C@@]1(C#N)C(c2ccc(Cl)cc2)=C(C(=O)c2ccc(Cl)cc2)N(c2ccccc2)[C@H]1c1ccc(OC)cc1. The maximum Gasteiger partial charge on any atom is 0.333 e. The zero-order chi connectivity index (χ0) is 29.9. The molecule has 1 aliphatic heterocycles. The summed E-state index contributed by atoms with van der Waals surface area (Å²) >= 11 is 12.4. The van der Waals surface area contributed by atoms with Gasteiger partial charge in [-0.2, -0.15) is 5.26 Å². The lowest BCUT2D eigenvalue weighted by atomic mass is 9.71. The highest BCUT2D eigenvalue weighted by Crippen LogP contribution is 2.59. The fourth-order valence-corrected chi connectivity index (χ4v) is 5.63. The van der Waals surface area contributed by atoms with Gasteiger partial charge in [0, 0.05) is 26.9 Å². The third-order valence-corrected chi connectivity index (χ3v) is 7.74. The molecule has 5 rings (SSSR count). The molecule has 1 heterocycles. The first-order valence-electron chi connectivity index (χ1n) is 13.2. The van der Waals surface area contributed by atoms with Crippen LogP contribution in [0.3, 0.4) is 0 Å². The summed E-state index contributed by atoms with van der Waals surface area (Å²) in [6.45, 7) is 1.72. The fourth-order valence-electron chi connectivity index (χ4n) is 5.38. The molecule has 210 valence electrons. The standard InChI is InChI=1S/C34H26Cl2N2O4/c1-3-42-33(40)34(21-37)29(22-9-15-25(35)16-10-22)30(31(39)23-11-17-26(36)18-12-23)38(27-7-5-4-6-8-27)32(34)24-13-19-28(41-2)20-14-24/h4-20,32H,3H2,1-2H3/t32-,34-/m0/s1. The molecule has 1 aliphatic rings. The van der Waals surface area contributed by atoms with Crippen molar-refractivity contribution >= 4 is 46.2 Å². The lowest BCUT2D eigenvalue weighted by Crippen LogP contribution is -2.41. The Hall–Kier alpha value is -4.57. The number of hydrogen-bond acceptors (Lipinski definition) is 6. The normalized spacial score (nSPS) is 18.0. The number of ether oxygens (including phenoxy) is 2. The highest BCUT2D eigenvalue weighted by Gasteiger charge is 2.62. The summed E-state index contributed by atoms with van der Waals surface area (Å²) in [6, 6.07) is 30.9. The van der Waals surface area contributed by atoms with Crippen LogP contribution in [-0.4, -0.2) is 25.5 Å². The van der Waals surface area contributed by atoms with Crippen LogP contribution in [0.5, 0.6) is 5.75 Å². The van der Waals surface area contributed by atoms with E-state index >= 15 is 0 Å². The Morgan fingerprint density at radius 3 is 2.02 bits per heavy atom. The number of nitriles is 1. The molecule has 4 aromatic carbocycles. The van der Waals surface area contributed by atoms with E-state index in [1.807, 2.05) is 30.3 Å². The van der Waals surface area contributed by atoms with Gasteiger partial charge in [-0.15, -0.1) is 0 Å². The molecule has 0 bridgehead atoms. The first kappa shape index (κ1) is 28.9. The number of carbonyl (C=O) groups is 2. The van der Waals surface area contributed by atoms with Crippen molar-refractivity contribution in [2.24, 2.45) is 5.41 Å². The van der Waals surface area contributed by atoms with Crippen LogP contribution in [0, 0.1) is 16.7 Å². The summed E-state index contributed by atoms with van der Waals surface area (Å²) in [4.78, 5) is 30.6. The molecule has 0 aliphatic carbocycles. The molecule has 0 unspecified atom stereocenters. The van der Waals surface area contributed by atoms with Crippen LogP contribution in [0.2, 0.25) is 10.0 Å². The van der Waals surface area contributed by atoms with Gasteiger partial charge in [0.05, 0.1) is 31.5 Å². The number of methoxy groups -OCH3 is 1. The number of Topliss-reactive ketones (excluding diaryl/α,β-unsaturated/α-hetero) is 1. The Balaban J connectivity index is 1.93. The number of anilines is 1. The number of nitrogens with zero attached hydrogens (tertiary/aromatic N) is 2. The van der Waals surface area contributed by atoms with Crippen LogP contribution in [-0.2, 0) is 9.53 Å². The van der Waals surface area contributed by atoms with Crippen molar-refractivity contribution in [2.45, 2.75) is 13.0 Å². The Labute approximate surface area is 254 Å². The monoisotopic (exact) mass is 596 g/mol. The molecular weight excluding hydrogens is 571 g/mol. The van der Waals surface area contributed by atoms with Gasteiger partial charge in [0.2, 0.25) is 11.2 Å². The van der Waals surface area contributed by atoms with E-state index in [9.17, 15) is 14.9 Å². The molecule has 0 amide bonds. The Kier molecular flexibility index (Phi) is 8.35. The van der Waals surface area contributed by atoms with Crippen molar-refractivity contribution in [3.05, 3.63) is 136 Å². The molecule has 4 aromatic rings. The zero-order valence-corrected chi connectivity index (χ0v) is 24.4. The largest absolute Gasteiger partial charge is 0.497 e. The van der Waals surface area contributed by atoms with Gasteiger partial charge in [-0.25, -0.2) is 4.79 Å². The maximum absolute atomic E-state index is 14.6. The minimum absolute atomic E-state index is 0.0390. The Morgan fingerprint density at radius 2 is 1.48 bits per heavy atom. The van der Waals surface area contributed by atoms with E-state index in [0.29, 0.717) is 38.2 Å². The second-order valence-electron chi connectivity index (χ2n) is 9.59. The summed E-state index contributed by atoms with van der Waals surface area (Å²) in [5, 5.41) is 12.0. The summed E-state index contributed by atoms with van der Waals surface area (Å²) in [5.74, 6) is -0.552.